The molecule has 0 saturated heterocycles. The molecule has 0 saturated carbocycles. The minimum atomic E-state index is -0.881. The molecule has 72 valence electrons. The van der Waals surface area contributed by atoms with Gasteiger partial charge in [0.05, 0.1) is 7.05 Å². The number of halogens is 2. The molecule has 2 rings (SSSR count). The third-order valence-electron chi connectivity index (χ3n) is 1.69. The van der Waals surface area contributed by atoms with E-state index in [9.17, 15) is 8.78 Å². The van der Waals surface area contributed by atoms with Gasteiger partial charge in [0.2, 0.25) is 12.3 Å². The molecule has 0 unspecified atom stereocenters. The number of hydrogen-bond donors (Lipinski definition) is 0. The summed E-state index contributed by atoms with van der Waals surface area (Å²) in [7, 11) is 1.75. The van der Waals surface area contributed by atoms with Crippen LogP contribution in [0.3, 0.4) is 0 Å². The second-order valence-corrected chi connectivity index (χ2v) is 2.80. The highest BCUT2D eigenvalue weighted by Crippen LogP contribution is 2.08. The van der Waals surface area contributed by atoms with Gasteiger partial charge < -0.3 is 0 Å². The summed E-state index contributed by atoms with van der Waals surface area (Å²) >= 11 is 0. The van der Waals surface area contributed by atoms with Crippen LogP contribution in [0.1, 0.15) is 0 Å². The SMILES string of the molecule is C[n+]1cnn(-c2ccc(F)nc2F)c1. The molecule has 0 amide bonds. The van der Waals surface area contributed by atoms with E-state index < -0.39 is 11.9 Å². The lowest BCUT2D eigenvalue weighted by Gasteiger charge is -1.94. The van der Waals surface area contributed by atoms with Crippen molar-refractivity contribution in [3.8, 4) is 5.69 Å². The first-order valence-corrected chi connectivity index (χ1v) is 3.89. The van der Waals surface area contributed by atoms with Gasteiger partial charge in [-0.05, 0) is 12.1 Å². The molecule has 2 aromatic rings. The summed E-state index contributed by atoms with van der Waals surface area (Å²) in [4.78, 5) is 3.06. The maximum atomic E-state index is 13.1. The molecule has 2 aromatic heterocycles. The van der Waals surface area contributed by atoms with Gasteiger partial charge in [0.1, 0.15) is 0 Å². The normalized spacial score (nSPS) is 10.5. The van der Waals surface area contributed by atoms with E-state index in [2.05, 4.69) is 10.1 Å². The fraction of sp³-hybridized carbons (Fsp3) is 0.125. The lowest BCUT2D eigenvalue weighted by atomic mass is 10.4. The Morgan fingerprint density at radius 3 is 2.71 bits per heavy atom. The molecule has 0 aliphatic carbocycles. The highest BCUT2D eigenvalue weighted by atomic mass is 19.1. The molecule has 0 fully saturated rings. The Balaban J connectivity index is 2.52. The molecule has 4 nitrogen and oxygen atoms in total. The second-order valence-electron chi connectivity index (χ2n) is 2.80. The van der Waals surface area contributed by atoms with E-state index in [1.807, 2.05) is 0 Å². The monoisotopic (exact) mass is 197 g/mol. The summed E-state index contributed by atoms with van der Waals surface area (Å²) in [5, 5.41) is 3.85. The zero-order valence-electron chi connectivity index (χ0n) is 7.35. The molecular weight excluding hydrogens is 190 g/mol. The maximum Gasteiger partial charge on any atom is 0.265 e. The molecule has 0 N–H and O–H groups in total. The van der Waals surface area contributed by atoms with E-state index in [-0.39, 0.29) is 5.69 Å². The van der Waals surface area contributed by atoms with E-state index >= 15 is 0 Å². The lowest BCUT2D eigenvalue weighted by Crippen LogP contribution is -2.23. The topological polar surface area (TPSA) is 34.6 Å². The van der Waals surface area contributed by atoms with Gasteiger partial charge >= 0.3 is 0 Å². The molecule has 0 bridgehead atoms. The van der Waals surface area contributed by atoms with Crippen molar-refractivity contribution in [2.45, 2.75) is 0 Å². The van der Waals surface area contributed by atoms with Crippen LogP contribution in [0.25, 0.3) is 5.69 Å². The van der Waals surface area contributed by atoms with Crippen LogP contribution in [0.2, 0.25) is 0 Å². The van der Waals surface area contributed by atoms with Crippen LogP contribution in [0.5, 0.6) is 0 Å². The summed E-state index contributed by atoms with van der Waals surface area (Å²) < 4.78 is 28.5. The summed E-state index contributed by atoms with van der Waals surface area (Å²) in [6.45, 7) is 0. The van der Waals surface area contributed by atoms with Gasteiger partial charge in [-0.1, -0.05) is 4.68 Å². The number of aryl methyl sites for hydroxylation is 1. The first-order chi connectivity index (χ1) is 6.66. The number of nitrogens with zero attached hydrogens (tertiary/aromatic N) is 4. The third kappa shape index (κ3) is 1.46. The predicted molar refractivity (Wildman–Crippen MR) is 42.5 cm³/mol. The highest BCUT2D eigenvalue weighted by Gasteiger charge is 2.13. The number of hydrogen-bond acceptors (Lipinski definition) is 2. The van der Waals surface area contributed by atoms with Crippen molar-refractivity contribution in [3.63, 3.8) is 0 Å². The zero-order chi connectivity index (χ0) is 10.1. The summed E-state index contributed by atoms with van der Waals surface area (Å²) in [5.41, 5.74) is 0.118. The Labute approximate surface area is 78.4 Å². The van der Waals surface area contributed by atoms with Crippen LogP contribution in [0.15, 0.2) is 24.8 Å². The van der Waals surface area contributed by atoms with Gasteiger partial charge in [-0.3, -0.25) is 0 Å². The standard InChI is InChI=1S/C8H7F2N4/c1-13-4-11-14(5-13)6-2-3-7(9)12-8(6)10/h2-5H,1H3/q+1. The second kappa shape index (κ2) is 3.13. The van der Waals surface area contributed by atoms with Crippen LogP contribution in [-0.2, 0) is 7.05 Å². The van der Waals surface area contributed by atoms with Crippen LogP contribution in [0.4, 0.5) is 8.78 Å². The van der Waals surface area contributed by atoms with Crippen molar-refractivity contribution < 1.29 is 13.3 Å². The van der Waals surface area contributed by atoms with Crippen molar-refractivity contribution in [1.82, 2.24) is 14.8 Å². The first-order valence-electron chi connectivity index (χ1n) is 3.89. The van der Waals surface area contributed by atoms with Crippen LogP contribution in [-0.4, -0.2) is 14.8 Å². The van der Waals surface area contributed by atoms with Gasteiger partial charge in [-0.15, -0.1) is 0 Å². The summed E-state index contributed by atoms with van der Waals surface area (Å²) in [5.74, 6) is -1.73. The Morgan fingerprint density at radius 2 is 2.14 bits per heavy atom. The Bertz CT molecular complexity index is 466. The predicted octanol–water partition coefficient (Wildman–Crippen LogP) is 0.370. The van der Waals surface area contributed by atoms with Crippen molar-refractivity contribution >= 4 is 0 Å². The molecule has 0 spiro atoms. The van der Waals surface area contributed by atoms with Gasteiger partial charge in [0, 0.05) is 5.10 Å². The Kier molecular flexibility index (Phi) is 1.95. The van der Waals surface area contributed by atoms with Gasteiger partial charge in [-0.25, -0.2) is 4.57 Å². The Hall–Kier alpha value is -1.85. The maximum absolute atomic E-state index is 13.1. The molecule has 2 heterocycles. The molecule has 6 heteroatoms. The number of pyridine rings is 1. The first kappa shape index (κ1) is 8.74. The molecule has 0 aliphatic heterocycles. The summed E-state index contributed by atoms with van der Waals surface area (Å²) in [6, 6.07) is 2.37. The van der Waals surface area contributed by atoms with Gasteiger partial charge in [0.25, 0.3) is 12.3 Å². The molecule has 0 aromatic carbocycles. The molecule has 14 heavy (non-hydrogen) atoms. The highest BCUT2D eigenvalue weighted by molar-refractivity contribution is 5.26. The van der Waals surface area contributed by atoms with Crippen molar-refractivity contribution in [2.24, 2.45) is 7.05 Å². The molecule has 0 aliphatic rings. The largest absolute Gasteiger partial charge is 0.265 e. The van der Waals surface area contributed by atoms with Crippen LogP contribution < -0.4 is 4.57 Å². The van der Waals surface area contributed by atoms with Crippen molar-refractivity contribution in [2.75, 3.05) is 0 Å². The number of aromatic nitrogens is 4. The van der Waals surface area contributed by atoms with E-state index in [4.69, 9.17) is 0 Å². The average molecular weight is 197 g/mol. The minimum absolute atomic E-state index is 0.118. The molecule has 0 atom stereocenters. The van der Waals surface area contributed by atoms with Crippen molar-refractivity contribution in [1.29, 1.82) is 0 Å². The molecule has 0 radical (unpaired) electrons. The zero-order valence-corrected chi connectivity index (χ0v) is 7.35. The number of rotatable bonds is 1. The van der Waals surface area contributed by atoms with Gasteiger partial charge in [-0.2, -0.15) is 13.8 Å². The van der Waals surface area contributed by atoms with E-state index in [0.29, 0.717) is 0 Å². The van der Waals surface area contributed by atoms with Crippen molar-refractivity contribution in [3.05, 3.63) is 36.7 Å². The van der Waals surface area contributed by atoms with Crippen LogP contribution >= 0.6 is 0 Å². The summed E-state index contributed by atoms with van der Waals surface area (Å²) in [6.07, 6.45) is 3.06. The van der Waals surface area contributed by atoms with Gasteiger partial charge in [0.15, 0.2) is 5.69 Å². The molecular formula is C8H7F2N4+. The third-order valence-corrected chi connectivity index (χ3v) is 1.69. The average Bonchev–Trinajstić information content (AvgIpc) is 2.51. The fourth-order valence-corrected chi connectivity index (χ4v) is 1.07. The quantitative estimate of drug-likeness (QED) is 0.489. The van der Waals surface area contributed by atoms with E-state index in [1.165, 1.54) is 17.1 Å². The minimum Gasteiger partial charge on any atom is -0.240 e. The van der Waals surface area contributed by atoms with E-state index in [0.717, 1.165) is 6.07 Å². The smallest absolute Gasteiger partial charge is 0.240 e. The Morgan fingerprint density at radius 1 is 1.36 bits per heavy atom. The fourth-order valence-electron chi connectivity index (χ4n) is 1.07. The van der Waals surface area contributed by atoms with Crippen LogP contribution in [0, 0.1) is 11.9 Å². The van der Waals surface area contributed by atoms with E-state index in [1.54, 1.807) is 17.9 Å². The lowest BCUT2D eigenvalue weighted by molar-refractivity contribution is -0.672.